The summed E-state index contributed by atoms with van der Waals surface area (Å²) in [7, 11) is 0. The van der Waals surface area contributed by atoms with E-state index >= 15 is 0 Å². The maximum absolute atomic E-state index is 3.57. The first-order valence-electron chi connectivity index (χ1n) is 8.21. The van der Waals surface area contributed by atoms with Crippen LogP contribution in [-0.2, 0) is 6.54 Å². The third-order valence-electron chi connectivity index (χ3n) is 3.65. The van der Waals surface area contributed by atoms with Crippen molar-refractivity contribution in [3.8, 4) is 0 Å². The normalized spacial score (nSPS) is 12.3. The van der Waals surface area contributed by atoms with E-state index in [-0.39, 0.29) is 5.54 Å². The van der Waals surface area contributed by atoms with E-state index in [1.807, 2.05) is 0 Å². The molecule has 0 aliphatic carbocycles. The van der Waals surface area contributed by atoms with Gasteiger partial charge in [0.1, 0.15) is 0 Å². The Morgan fingerprint density at radius 1 is 1.10 bits per heavy atom. The lowest BCUT2D eigenvalue weighted by atomic mass is 10.0. The molecule has 0 saturated heterocycles. The number of hydrogen-bond acceptors (Lipinski definition) is 2. The molecule has 1 N–H and O–H groups in total. The van der Waals surface area contributed by atoms with Gasteiger partial charge in [0.15, 0.2) is 0 Å². The first kappa shape index (κ1) is 18.0. The molecule has 0 unspecified atom stereocenters. The Labute approximate surface area is 131 Å². The smallest absolute Gasteiger partial charge is 0.0371 e. The predicted octanol–water partition coefficient (Wildman–Crippen LogP) is 4.75. The Kier molecular flexibility index (Phi) is 6.27. The van der Waals surface area contributed by atoms with Crippen LogP contribution < -0.4 is 10.2 Å². The van der Waals surface area contributed by atoms with Crippen molar-refractivity contribution in [2.24, 2.45) is 5.92 Å². The molecule has 0 spiro atoms. The van der Waals surface area contributed by atoms with Crippen molar-refractivity contribution < 1.29 is 0 Å². The molecule has 0 radical (unpaired) electrons. The van der Waals surface area contributed by atoms with Crippen LogP contribution in [0.2, 0.25) is 0 Å². The first-order chi connectivity index (χ1) is 9.60. The minimum atomic E-state index is 0.159. The van der Waals surface area contributed by atoms with Gasteiger partial charge < -0.3 is 10.2 Å². The third-order valence-corrected chi connectivity index (χ3v) is 3.65. The topological polar surface area (TPSA) is 15.3 Å². The van der Waals surface area contributed by atoms with E-state index in [1.165, 1.54) is 16.8 Å². The Balaban J connectivity index is 2.89. The lowest BCUT2D eigenvalue weighted by Gasteiger charge is -2.31. The molecule has 21 heavy (non-hydrogen) atoms. The van der Waals surface area contributed by atoms with E-state index in [1.54, 1.807) is 0 Å². The van der Waals surface area contributed by atoms with E-state index in [9.17, 15) is 0 Å². The van der Waals surface area contributed by atoms with Gasteiger partial charge in [-0.15, -0.1) is 0 Å². The van der Waals surface area contributed by atoms with Crippen LogP contribution in [0.25, 0.3) is 0 Å². The fraction of sp³-hybridized carbons (Fsp3) is 0.684. The van der Waals surface area contributed by atoms with Gasteiger partial charge in [0.05, 0.1) is 0 Å². The summed E-state index contributed by atoms with van der Waals surface area (Å²) >= 11 is 0. The molecule has 0 aliphatic rings. The minimum absolute atomic E-state index is 0.159. The van der Waals surface area contributed by atoms with Crippen molar-refractivity contribution in [3.05, 3.63) is 29.3 Å². The summed E-state index contributed by atoms with van der Waals surface area (Å²) in [6.07, 6.45) is 0. The molecule has 1 rings (SSSR count). The number of benzene rings is 1. The third kappa shape index (κ3) is 6.09. The van der Waals surface area contributed by atoms with Crippen molar-refractivity contribution in [1.29, 1.82) is 0 Å². The van der Waals surface area contributed by atoms with Gasteiger partial charge in [0.25, 0.3) is 0 Å². The molecule has 0 heterocycles. The molecule has 0 saturated carbocycles. The van der Waals surface area contributed by atoms with Gasteiger partial charge in [-0.1, -0.05) is 19.9 Å². The van der Waals surface area contributed by atoms with Crippen LogP contribution in [0.1, 0.15) is 59.6 Å². The molecule has 0 aromatic heterocycles. The summed E-state index contributed by atoms with van der Waals surface area (Å²) < 4.78 is 0. The number of nitrogens with zero attached hydrogens (tertiary/aromatic N) is 1. The molecular formula is C19H34N2. The highest BCUT2D eigenvalue weighted by atomic mass is 15.2. The van der Waals surface area contributed by atoms with Gasteiger partial charge in [-0.3, -0.25) is 0 Å². The molecule has 1 aromatic rings. The van der Waals surface area contributed by atoms with Gasteiger partial charge in [0.2, 0.25) is 0 Å². The van der Waals surface area contributed by atoms with Crippen molar-refractivity contribution in [3.63, 3.8) is 0 Å². The maximum Gasteiger partial charge on any atom is 0.0371 e. The molecule has 0 amide bonds. The maximum atomic E-state index is 3.57. The lowest BCUT2D eigenvalue weighted by molar-refractivity contribution is 0.424. The first-order valence-corrected chi connectivity index (χ1v) is 8.21. The van der Waals surface area contributed by atoms with Crippen LogP contribution in [-0.4, -0.2) is 18.1 Å². The predicted molar refractivity (Wildman–Crippen MR) is 95.1 cm³/mol. The summed E-state index contributed by atoms with van der Waals surface area (Å²) in [6.45, 7) is 20.0. The monoisotopic (exact) mass is 290 g/mol. The van der Waals surface area contributed by atoms with Crippen LogP contribution >= 0.6 is 0 Å². The highest BCUT2D eigenvalue weighted by Gasteiger charge is 2.14. The van der Waals surface area contributed by atoms with E-state index in [0.717, 1.165) is 13.1 Å². The largest absolute Gasteiger partial charge is 0.369 e. The van der Waals surface area contributed by atoms with Crippen molar-refractivity contribution in [1.82, 2.24) is 5.32 Å². The van der Waals surface area contributed by atoms with Crippen LogP contribution in [0.15, 0.2) is 18.2 Å². The molecule has 2 nitrogen and oxygen atoms in total. The molecular weight excluding hydrogens is 256 g/mol. The summed E-state index contributed by atoms with van der Waals surface area (Å²) in [5.74, 6) is 0.676. The number of hydrogen-bond donors (Lipinski definition) is 1. The number of rotatable bonds is 6. The van der Waals surface area contributed by atoms with Crippen LogP contribution in [0.4, 0.5) is 5.69 Å². The Bertz CT molecular complexity index is 441. The van der Waals surface area contributed by atoms with E-state index in [2.05, 4.69) is 83.8 Å². The summed E-state index contributed by atoms with van der Waals surface area (Å²) in [5, 5.41) is 3.57. The molecule has 1 aromatic carbocycles. The fourth-order valence-corrected chi connectivity index (χ4v) is 2.43. The fourth-order valence-electron chi connectivity index (χ4n) is 2.43. The quantitative estimate of drug-likeness (QED) is 0.813. The van der Waals surface area contributed by atoms with Crippen molar-refractivity contribution in [2.75, 3.05) is 11.4 Å². The number of anilines is 1. The van der Waals surface area contributed by atoms with Gasteiger partial charge in [-0.2, -0.15) is 0 Å². The Hall–Kier alpha value is -1.02. The molecule has 0 aliphatic heterocycles. The zero-order chi connectivity index (χ0) is 16.2. The van der Waals surface area contributed by atoms with Crippen LogP contribution in [0, 0.1) is 12.8 Å². The average molecular weight is 290 g/mol. The Morgan fingerprint density at radius 3 is 2.14 bits per heavy atom. The van der Waals surface area contributed by atoms with Gasteiger partial charge in [-0.25, -0.2) is 0 Å². The molecule has 0 fully saturated rings. The SMILES string of the molecule is Cc1cc(N(CC(C)C)C(C)C)ccc1CNC(C)(C)C. The Morgan fingerprint density at radius 2 is 1.71 bits per heavy atom. The number of aryl methyl sites for hydroxylation is 1. The molecule has 0 bridgehead atoms. The summed E-state index contributed by atoms with van der Waals surface area (Å²) in [6, 6.07) is 7.42. The minimum Gasteiger partial charge on any atom is -0.369 e. The number of nitrogens with one attached hydrogen (secondary N) is 1. The second-order valence-electron chi connectivity index (χ2n) is 7.85. The van der Waals surface area contributed by atoms with E-state index < -0.39 is 0 Å². The molecule has 120 valence electrons. The highest BCUT2D eigenvalue weighted by molar-refractivity contribution is 5.51. The van der Waals surface area contributed by atoms with Gasteiger partial charge in [-0.05, 0) is 70.7 Å². The summed E-state index contributed by atoms with van der Waals surface area (Å²) in [5.41, 5.74) is 4.27. The standard InChI is InChI=1S/C19H34N2/c1-14(2)13-21(15(3)4)18-10-9-17(16(5)11-18)12-20-19(6,7)8/h9-11,14-15,20H,12-13H2,1-8H3. The van der Waals surface area contributed by atoms with Crippen molar-refractivity contribution in [2.45, 2.75) is 73.5 Å². The second-order valence-corrected chi connectivity index (χ2v) is 7.85. The van der Waals surface area contributed by atoms with Gasteiger partial charge >= 0.3 is 0 Å². The van der Waals surface area contributed by atoms with E-state index in [4.69, 9.17) is 0 Å². The zero-order valence-corrected chi connectivity index (χ0v) is 15.2. The van der Waals surface area contributed by atoms with Gasteiger partial charge in [0, 0.05) is 30.4 Å². The molecule has 0 atom stereocenters. The highest BCUT2D eigenvalue weighted by Crippen LogP contribution is 2.22. The average Bonchev–Trinajstić information content (AvgIpc) is 2.32. The lowest BCUT2D eigenvalue weighted by Crippen LogP contribution is -2.35. The van der Waals surface area contributed by atoms with E-state index in [0.29, 0.717) is 12.0 Å². The van der Waals surface area contributed by atoms with Crippen molar-refractivity contribution >= 4 is 5.69 Å². The molecule has 2 heteroatoms. The second kappa shape index (κ2) is 7.31. The zero-order valence-electron chi connectivity index (χ0n) is 15.2. The van der Waals surface area contributed by atoms with Crippen LogP contribution in [0.3, 0.4) is 0 Å². The summed E-state index contributed by atoms with van der Waals surface area (Å²) in [4.78, 5) is 2.50. The van der Waals surface area contributed by atoms with Crippen LogP contribution in [0.5, 0.6) is 0 Å².